The number of carboxylic acids is 1. The van der Waals surface area contributed by atoms with Crippen molar-refractivity contribution in [2.75, 3.05) is 6.54 Å². The van der Waals surface area contributed by atoms with Gasteiger partial charge in [0.25, 0.3) is 0 Å². The lowest BCUT2D eigenvalue weighted by molar-refractivity contribution is -0.150. The lowest BCUT2D eigenvalue weighted by Crippen LogP contribution is -2.43. The second-order valence-electron chi connectivity index (χ2n) is 4.35. The summed E-state index contributed by atoms with van der Waals surface area (Å²) in [5.74, 6) is -1.09. The van der Waals surface area contributed by atoms with Gasteiger partial charge in [-0.15, -0.1) is 0 Å². The molecular formula is C11H20N2O3. The SMILES string of the molecule is CCC(CC)C(=O)N1CC(N)CC1C(=O)O. The molecule has 1 fully saturated rings. The predicted molar refractivity (Wildman–Crippen MR) is 59.8 cm³/mol. The summed E-state index contributed by atoms with van der Waals surface area (Å²) in [6.45, 7) is 4.25. The van der Waals surface area contributed by atoms with Crippen LogP contribution < -0.4 is 5.73 Å². The van der Waals surface area contributed by atoms with E-state index in [1.54, 1.807) is 0 Å². The highest BCUT2D eigenvalue weighted by Gasteiger charge is 2.39. The van der Waals surface area contributed by atoms with Crippen molar-refractivity contribution in [1.82, 2.24) is 4.90 Å². The quantitative estimate of drug-likeness (QED) is 0.731. The normalized spacial score (nSPS) is 25.1. The van der Waals surface area contributed by atoms with E-state index in [1.165, 1.54) is 4.90 Å². The van der Waals surface area contributed by atoms with E-state index in [9.17, 15) is 9.59 Å². The zero-order chi connectivity index (χ0) is 12.3. The Morgan fingerprint density at radius 3 is 2.44 bits per heavy atom. The molecule has 0 aromatic carbocycles. The van der Waals surface area contributed by atoms with Gasteiger partial charge in [-0.1, -0.05) is 13.8 Å². The third-order valence-electron chi connectivity index (χ3n) is 3.24. The van der Waals surface area contributed by atoms with E-state index in [2.05, 4.69) is 0 Å². The van der Waals surface area contributed by atoms with Gasteiger partial charge in [-0.2, -0.15) is 0 Å². The number of carbonyl (C=O) groups is 2. The Bertz CT molecular complexity index is 276. The average Bonchev–Trinajstić information content (AvgIpc) is 2.62. The number of carbonyl (C=O) groups excluding carboxylic acids is 1. The molecule has 2 unspecified atom stereocenters. The van der Waals surface area contributed by atoms with E-state index in [1.807, 2.05) is 13.8 Å². The van der Waals surface area contributed by atoms with E-state index in [0.29, 0.717) is 13.0 Å². The zero-order valence-corrected chi connectivity index (χ0v) is 9.85. The minimum atomic E-state index is -0.952. The summed E-state index contributed by atoms with van der Waals surface area (Å²) in [5, 5.41) is 9.03. The van der Waals surface area contributed by atoms with E-state index < -0.39 is 12.0 Å². The van der Waals surface area contributed by atoms with Crippen LogP contribution in [0, 0.1) is 5.92 Å². The smallest absolute Gasteiger partial charge is 0.326 e. The van der Waals surface area contributed by atoms with Crippen molar-refractivity contribution in [2.24, 2.45) is 11.7 Å². The highest BCUT2D eigenvalue weighted by molar-refractivity contribution is 5.85. The minimum absolute atomic E-state index is 0.0645. The minimum Gasteiger partial charge on any atom is -0.480 e. The summed E-state index contributed by atoms with van der Waals surface area (Å²) in [6, 6.07) is -0.942. The molecule has 92 valence electrons. The van der Waals surface area contributed by atoms with Crippen LogP contribution in [0.15, 0.2) is 0 Å². The van der Waals surface area contributed by atoms with Gasteiger partial charge in [-0.3, -0.25) is 4.79 Å². The predicted octanol–water partition coefficient (Wildman–Crippen LogP) is 0.435. The number of nitrogens with zero attached hydrogens (tertiary/aromatic N) is 1. The maximum Gasteiger partial charge on any atom is 0.326 e. The van der Waals surface area contributed by atoms with Crippen molar-refractivity contribution in [2.45, 2.75) is 45.2 Å². The zero-order valence-electron chi connectivity index (χ0n) is 9.85. The molecule has 0 bridgehead atoms. The van der Waals surface area contributed by atoms with Gasteiger partial charge in [-0.25, -0.2) is 4.79 Å². The summed E-state index contributed by atoms with van der Waals surface area (Å²) in [7, 11) is 0. The summed E-state index contributed by atoms with van der Waals surface area (Å²) < 4.78 is 0. The highest BCUT2D eigenvalue weighted by atomic mass is 16.4. The maximum absolute atomic E-state index is 12.1. The second kappa shape index (κ2) is 5.30. The Morgan fingerprint density at radius 2 is 2.00 bits per heavy atom. The van der Waals surface area contributed by atoms with Gasteiger partial charge in [0.1, 0.15) is 6.04 Å². The molecule has 0 aliphatic carbocycles. The third-order valence-corrected chi connectivity index (χ3v) is 3.24. The van der Waals surface area contributed by atoms with Crippen LogP contribution in [0.3, 0.4) is 0 Å². The third kappa shape index (κ3) is 2.52. The van der Waals surface area contributed by atoms with Crippen LogP contribution in [0.1, 0.15) is 33.1 Å². The van der Waals surface area contributed by atoms with Crippen LogP contribution in [-0.2, 0) is 9.59 Å². The Morgan fingerprint density at radius 1 is 1.44 bits per heavy atom. The van der Waals surface area contributed by atoms with Crippen molar-refractivity contribution in [3.8, 4) is 0 Å². The molecule has 0 spiro atoms. The summed E-state index contributed by atoms with van der Waals surface area (Å²) in [5.41, 5.74) is 5.72. The molecule has 1 amide bonds. The largest absolute Gasteiger partial charge is 0.480 e. The number of aliphatic carboxylic acids is 1. The lowest BCUT2D eigenvalue weighted by Gasteiger charge is -2.25. The number of rotatable bonds is 4. The maximum atomic E-state index is 12.1. The van der Waals surface area contributed by atoms with Gasteiger partial charge >= 0.3 is 5.97 Å². The van der Waals surface area contributed by atoms with Crippen LogP contribution in [0.25, 0.3) is 0 Å². The van der Waals surface area contributed by atoms with E-state index in [0.717, 1.165) is 12.8 Å². The molecule has 16 heavy (non-hydrogen) atoms. The molecule has 5 heteroatoms. The van der Waals surface area contributed by atoms with Gasteiger partial charge in [0.15, 0.2) is 0 Å². The summed E-state index contributed by atoms with van der Waals surface area (Å²) in [4.78, 5) is 24.5. The first-order valence-corrected chi connectivity index (χ1v) is 5.80. The molecule has 1 heterocycles. The van der Waals surface area contributed by atoms with E-state index in [-0.39, 0.29) is 17.9 Å². The van der Waals surface area contributed by atoms with Crippen molar-refractivity contribution >= 4 is 11.9 Å². The van der Waals surface area contributed by atoms with E-state index >= 15 is 0 Å². The topological polar surface area (TPSA) is 83.6 Å². The van der Waals surface area contributed by atoms with Crippen LogP contribution >= 0.6 is 0 Å². The van der Waals surface area contributed by atoms with Crippen molar-refractivity contribution < 1.29 is 14.7 Å². The van der Waals surface area contributed by atoms with Crippen molar-refractivity contribution in [3.05, 3.63) is 0 Å². The van der Waals surface area contributed by atoms with Gasteiger partial charge in [0.2, 0.25) is 5.91 Å². The molecule has 0 aromatic heterocycles. The van der Waals surface area contributed by atoms with Crippen molar-refractivity contribution in [1.29, 1.82) is 0 Å². The Balaban J connectivity index is 2.77. The molecule has 1 aliphatic heterocycles. The second-order valence-corrected chi connectivity index (χ2v) is 4.35. The molecule has 3 N–H and O–H groups in total. The molecule has 0 radical (unpaired) electrons. The fraction of sp³-hybridized carbons (Fsp3) is 0.818. The van der Waals surface area contributed by atoms with Gasteiger partial charge in [0.05, 0.1) is 0 Å². The van der Waals surface area contributed by atoms with Crippen LogP contribution in [0.2, 0.25) is 0 Å². The standard InChI is InChI=1S/C11H20N2O3/c1-3-7(4-2)10(14)13-6-8(12)5-9(13)11(15)16/h7-9H,3-6,12H2,1-2H3,(H,15,16). The van der Waals surface area contributed by atoms with Gasteiger partial charge in [-0.05, 0) is 19.3 Å². The Hall–Kier alpha value is -1.10. The van der Waals surface area contributed by atoms with Crippen LogP contribution in [0.5, 0.6) is 0 Å². The first-order valence-electron chi connectivity index (χ1n) is 5.80. The monoisotopic (exact) mass is 228 g/mol. The number of hydrogen-bond donors (Lipinski definition) is 2. The highest BCUT2D eigenvalue weighted by Crippen LogP contribution is 2.22. The first kappa shape index (κ1) is 13.0. The first-order chi connectivity index (χ1) is 7.51. The average molecular weight is 228 g/mol. The Kier molecular flexibility index (Phi) is 4.29. The molecule has 1 aliphatic rings. The fourth-order valence-corrected chi connectivity index (χ4v) is 2.22. The number of amides is 1. The molecule has 5 nitrogen and oxygen atoms in total. The molecule has 0 saturated carbocycles. The summed E-state index contributed by atoms with van der Waals surface area (Å²) >= 11 is 0. The van der Waals surface area contributed by atoms with Gasteiger partial charge < -0.3 is 15.7 Å². The number of carboxylic acid groups (broad SMARTS) is 1. The van der Waals surface area contributed by atoms with Crippen LogP contribution in [-0.4, -0.2) is 40.5 Å². The molecule has 1 saturated heterocycles. The van der Waals surface area contributed by atoms with Gasteiger partial charge in [0, 0.05) is 18.5 Å². The molecule has 0 aromatic rings. The molecular weight excluding hydrogens is 208 g/mol. The number of hydrogen-bond acceptors (Lipinski definition) is 3. The lowest BCUT2D eigenvalue weighted by atomic mass is 10.0. The summed E-state index contributed by atoms with van der Waals surface area (Å²) in [6.07, 6.45) is 1.85. The number of likely N-dealkylation sites (tertiary alicyclic amines) is 1. The fourth-order valence-electron chi connectivity index (χ4n) is 2.22. The number of nitrogens with two attached hydrogens (primary N) is 1. The van der Waals surface area contributed by atoms with E-state index in [4.69, 9.17) is 10.8 Å². The molecule has 2 atom stereocenters. The van der Waals surface area contributed by atoms with Crippen molar-refractivity contribution in [3.63, 3.8) is 0 Å². The van der Waals surface area contributed by atoms with Crippen LogP contribution in [0.4, 0.5) is 0 Å². The molecule has 1 rings (SSSR count). The Labute approximate surface area is 95.6 Å².